The number of likely N-dealkylation sites (N-methyl/N-ethyl adjacent to an activating group) is 1. The molecule has 0 spiro atoms. The minimum Gasteiger partial charge on any atom is -0.340 e. The summed E-state index contributed by atoms with van der Waals surface area (Å²) < 4.78 is 1.79. The average Bonchev–Trinajstić information content (AvgIpc) is 2.90. The maximum Gasteiger partial charge on any atom is 0.245 e. The number of hydrogen-bond acceptors (Lipinski definition) is 2. The predicted molar refractivity (Wildman–Crippen MR) is 74.9 cm³/mol. The lowest BCUT2D eigenvalue weighted by atomic mass is 10.2. The molecule has 4 nitrogen and oxygen atoms in total. The first kappa shape index (κ1) is 13.6. The Morgan fingerprint density at radius 2 is 2.32 bits per heavy atom. The summed E-state index contributed by atoms with van der Waals surface area (Å²) in [4.78, 5) is 17.9. The summed E-state index contributed by atoms with van der Waals surface area (Å²) >= 11 is 5.94. The molecule has 0 radical (unpaired) electrons. The lowest BCUT2D eigenvalue weighted by molar-refractivity contribution is -0.133. The van der Waals surface area contributed by atoms with Crippen molar-refractivity contribution in [1.29, 1.82) is 0 Å². The molecule has 0 N–H and O–H groups in total. The van der Waals surface area contributed by atoms with Crippen LogP contribution in [0.15, 0.2) is 43.0 Å². The third kappa shape index (κ3) is 3.35. The van der Waals surface area contributed by atoms with Gasteiger partial charge in [0, 0.05) is 31.0 Å². The third-order valence-electron chi connectivity index (χ3n) is 3.01. The van der Waals surface area contributed by atoms with Gasteiger partial charge in [-0.3, -0.25) is 4.79 Å². The first-order valence-electron chi connectivity index (χ1n) is 6.05. The molecule has 0 aliphatic carbocycles. The summed E-state index contributed by atoms with van der Waals surface area (Å²) in [6.07, 6.45) is 5.10. The van der Waals surface area contributed by atoms with Gasteiger partial charge < -0.3 is 9.47 Å². The zero-order valence-electron chi connectivity index (χ0n) is 11.0. The molecular weight excluding hydrogens is 262 g/mol. The highest BCUT2D eigenvalue weighted by atomic mass is 35.5. The van der Waals surface area contributed by atoms with Gasteiger partial charge in [-0.2, -0.15) is 0 Å². The van der Waals surface area contributed by atoms with Gasteiger partial charge in [0.25, 0.3) is 0 Å². The highest BCUT2D eigenvalue weighted by molar-refractivity contribution is 6.30. The van der Waals surface area contributed by atoms with Gasteiger partial charge in [0.1, 0.15) is 6.04 Å². The van der Waals surface area contributed by atoms with Crippen molar-refractivity contribution in [3.63, 3.8) is 0 Å². The number of aromatic nitrogens is 2. The summed E-state index contributed by atoms with van der Waals surface area (Å²) in [6.45, 7) is 2.40. The van der Waals surface area contributed by atoms with E-state index in [-0.39, 0.29) is 11.9 Å². The second-order valence-electron chi connectivity index (χ2n) is 4.51. The molecule has 1 aromatic heterocycles. The van der Waals surface area contributed by atoms with Crippen LogP contribution >= 0.6 is 11.6 Å². The van der Waals surface area contributed by atoms with Gasteiger partial charge in [-0.05, 0) is 24.6 Å². The molecule has 100 valence electrons. The number of hydrogen-bond donors (Lipinski definition) is 0. The quantitative estimate of drug-likeness (QED) is 0.862. The summed E-state index contributed by atoms with van der Waals surface area (Å²) in [5, 5.41) is 0.681. The highest BCUT2D eigenvalue weighted by Gasteiger charge is 2.18. The SMILES string of the molecule is C[C@H](C(=O)N(C)Cc1cccc(Cl)c1)n1ccnc1. The van der Waals surface area contributed by atoms with Crippen LogP contribution in [0.5, 0.6) is 0 Å². The second kappa shape index (κ2) is 5.89. The van der Waals surface area contributed by atoms with Gasteiger partial charge in [-0.15, -0.1) is 0 Å². The van der Waals surface area contributed by atoms with Crippen molar-refractivity contribution in [2.24, 2.45) is 0 Å². The lowest BCUT2D eigenvalue weighted by Gasteiger charge is -2.22. The number of imidazole rings is 1. The molecule has 1 aromatic carbocycles. The van der Waals surface area contributed by atoms with Crippen molar-refractivity contribution in [3.8, 4) is 0 Å². The molecule has 1 heterocycles. The number of nitrogens with zero attached hydrogens (tertiary/aromatic N) is 3. The minimum atomic E-state index is -0.258. The molecule has 2 rings (SSSR count). The molecule has 1 amide bonds. The van der Waals surface area contributed by atoms with Crippen LogP contribution in [0.2, 0.25) is 5.02 Å². The van der Waals surface area contributed by atoms with Gasteiger partial charge in [-0.1, -0.05) is 23.7 Å². The number of carbonyl (C=O) groups is 1. The molecule has 0 aliphatic rings. The summed E-state index contributed by atoms with van der Waals surface area (Å²) in [5.41, 5.74) is 1.01. The van der Waals surface area contributed by atoms with E-state index in [1.807, 2.05) is 31.2 Å². The lowest BCUT2D eigenvalue weighted by Crippen LogP contribution is -2.32. The summed E-state index contributed by atoms with van der Waals surface area (Å²) in [7, 11) is 1.79. The van der Waals surface area contributed by atoms with E-state index in [2.05, 4.69) is 4.98 Å². The highest BCUT2D eigenvalue weighted by Crippen LogP contribution is 2.14. The number of amides is 1. The van der Waals surface area contributed by atoms with Crippen LogP contribution < -0.4 is 0 Å². The first-order valence-corrected chi connectivity index (χ1v) is 6.42. The largest absolute Gasteiger partial charge is 0.340 e. The molecule has 0 fully saturated rings. The van der Waals surface area contributed by atoms with Gasteiger partial charge in [0.2, 0.25) is 5.91 Å². The molecule has 0 unspecified atom stereocenters. The van der Waals surface area contributed by atoms with Gasteiger partial charge >= 0.3 is 0 Å². The smallest absolute Gasteiger partial charge is 0.245 e. The Labute approximate surface area is 117 Å². The van der Waals surface area contributed by atoms with Crippen molar-refractivity contribution < 1.29 is 4.79 Å². The Morgan fingerprint density at radius 3 is 2.95 bits per heavy atom. The summed E-state index contributed by atoms with van der Waals surface area (Å²) in [5.74, 6) is 0.0398. The fourth-order valence-electron chi connectivity index (χ4n) is 1.93. The van der Waals surface area contributed by atoms with Crippen LogP contribution in [0.3, 0.4) is 0 Å². The molecule has 0 bridgehead atoms. The predicted octanol–water partition coefficient (Wildman–Crippen LogP) is 2.76. The van der Waals surface area contributed by atoms with Crippen LogP contribution in [0.25, 0.3) is 0 Å². The topological polar surface area (TPSA) is 38.1 Å². The molecule has 0 saturated heterocycles. The molecule has 5 heteroatoms. The third-order valence-corrected chi connectivity index (χ3v) is 3.25. The van der Waals surface area contributed by atoms with Crippen molar-refractivity contribution >= 4 is 17.5 Å². The Morgan fingerprint density at radius 1 is 1.53 bits per heavy atom. The standard InChI is InChI=1S/C14H16ClN3O/c1-11(18-7-6-16-10-18)14(19)17(2)9-12-4-3-5-13(15)8-12/h3-8,10-11H,9H2,1-2H3/t11-/m1/s1. The monoisotopic (exact) mass is 277 g/mol. The number of halogens is 1. The molecule has 0 aliphatic heterocycles. The Hall–Kier alpha value is -1.81. The minimum absolute atomic E-state index is 0.0398. The number of benzene rings is 1. The number of carbonyl (C=O) groups excluding carboxylic acids is 1. The fourth-order valence-corrected chi connectivity index (χ4v) is 2.14. The normalized spacial score (nSPS) is 12.2. The van der Waals surface area contributed by atoms with Crippen LogP contribution in [0.4, 0.5) is 0 Å². The van der Waals surface area contributed by atoms with E-state index in [0.29, 0.717) is 11.6 Å². The summed E-state index contributed by atoms with van der Waals surface area (Å²) in [6, 6.07) is 7.27. The van der Waals surface area contributed by atoms with Crippen LogP contribution in [0.1, 0.15) is 18.5 Å². The van der Waals surface area contributed by atoms with Crippen LogP contribution in [-0.2, 0) is 11.3 Å². The maximum atomic E-state index is 12.3. The second-order valence-corrected chi connectivity index (χ2v) is 4.95. The number of rotatable bonds is 4. The van der Waals surface area contributed by atoms with E-state index < -0.39 is 0 Å². The first-order chi connectivity index (χ1) is 9.08. The van der Waals surface area contributed by atoms with Gasteiger partial charge in [0.05, 0.1) is 6.33 Å². The average molecular weight is 278 g/mol. The van der Waals surface area contributed by atoms with E-state index in [1.54, 1.807) is 35.2 Å². The van der Waals surface area contributed by atoms with Gasteiger partial charge in [0.15, 0.2) is 0 Å². The van der Waals surface area contributed by atoms with Crippen LogP contribution in [-0.4, -0.2) is 27.4 Å². The van der Waals surface area contributed by atoms with Crippen molar-refractivity contribution in [2.45, 2.75) is 19.5 Å². The molecular formula is C14H16ClN3O. The maximum absolute atomic E-state index is 12.3. The molecule has 0 saturated carbocycles. The van der Waals surface area contributed by atoms with E-state index >= 15 is 0 Å². The van der Waals surface area contributed by atoms with Crippen molar-refractivity contribution in [3.05, 3.63) is 53.6 Å². The van der Waals surface area contributed by atoms with Crippen LogP contribution in [0, 0.1) is 0 Å². The van der Waals surface area contributed by atoms with E-state index in [1.165, 1.54) is 0 Å². The van der Waals surface area contributed by atoms with E-state index in [9.17, 15) is 4.79 Å². The van der Waals surface area contributed by atoms with E-state index in [0.717, 1.165) is 5.56 Å². The molecule has 1 atom stereocenters. The Bertz CT molecular complexity index is 554. The zero-order chi connectivity index (χ0) is 13.8. The Kier molecular flexibility index (Phi) is 4.22. The van der Waals surface area contributed by atoms with Crippen molar-refractivity contribution in [2.75, 3.05) is 7.05 Å². The van der Waals surface area contributed by atoms with Crippen molar-refractivity contribution in [1.82, 2.24) is 14.5 Å². The zero-order valence-corrected chi connectivity index (χ0v) is 11.7. The van der Waals surface area contributed by atoms with Gasteiger partial charge in [-0.25, -0.2) is 4.98 Å². The van der Waals surface area contributed by atoms with E-state index in [4.69, 9.17) is 11.6 Å². The fraction of sp³-hybridized carbons (Fsp3) is 0.286. The Balaban J connectivity index is 2.03. The molecule has 2 aromatic rings. The molecule has 19 heavy (non-hydrogen) atoms.